The molecule has 1 saturated carbocycles. The number of halogens is 1. The largest absolute Gasteiger partial charge is 0.452 e. The molecule has 0 bridgehead atoms. The van der Waals surface area contributed by atoms with Gasteiger partial charge in [-0.25, -0.2) is 17.5 Å². The monoisotopic (exact) mass is 416 g/mol. The molecule has 1 amide bonds. The van der Waals surface area contributed by atoms with E-state index < -0.39 is 22.6 Å². The second-order valence-electron chi connectivity index (χ2n) is 6.94. The van der Waals surface area contributed by atoms with E-state index in [9.17, 15) is 18.0 Å². The van der Waals surface area contributed by atoms with Crippen LogP contribution in [0.4, 0.5) is 0 Å². The predicted molar refractivity (Wildman–Crippen MR) is 102 cm³/mol. The molecule has 7 nitrogen and oxygen atoms in total. The number of carbonyl (C=O) groups excluding carboxylic acids is 2. The first-order chi connectivity index (χ1) is 12.6. The molecule has 1 aromatic rings. The van der Waals surface area contributed by atoms with Crippen molar-refractivity contribution in [3.8, 4) is 0 Å². The second kappa shape index (κ2) is 9.03. The lowest BCUT2D eigenvalue weighted by molar-refractivity contribution is -0.125. The molecule has 0 heterocycles. The Hall–Kier alpha value is -1.64. The predicted octanol–water partition coefficient (Wildman–Crippen LogP) is 2.44. The third-order valence-corrected chi connectivity index (χ3v) is 6.87. The van der Waals surface area contributed by atoms with Crippen LogP contribution in [0.1, 0.15) is 43.0 Å². The molecular weight excluding hydrogens is 392 g/mol. The molecule has 1 fully saturated rings. The van der Waals surface area contributed by atoms with Crippen LogP contribution in [-0.4, -0.2) is 51.3 Å². The van der Waals surface area contributed by atoms with Crippen LogP contribution in [0, 0.1) is 5.92 Å². The molecule has 9 heteroatoms. The molecule has 1 N–H and O–H groups in total. The number of benzene rings is 1. The standard InChI is InChI=1S/C18H25ClN2O5S/c1-12-6-4-5-7-16(12)20-17(22)11-26-18(23)14-10-13(8-9-15(14)19)27(24,25)21(2)3/h8-10,12,16H,4-7,11H2,1-3H3,(H,20,22)/t12-,16+/m0/s1. The van der Waals surface area contributed by atoms with E-state index in [4.69, 9.17) is 16.3 Å². The maximum absolute atomic E-state index is 12.3. The minimum absolute atomic E-state index is 0.0546. The molecule has 1 aliphatic rings. The fourth-order valence-corrected chi connectivity index (χ4v) is 4.14. The molecular formula is C18H25ClN2O5S. The van der Waals surface area contributed by atoms with Crippen LogP contribution < -0.4 is 5.32 Å². The zero-order valence-electron chi connectivity index (χ0n) is 15.7. The number of amides is 1. The third kappa shape index (κ3) is 5.43. The Kier molecular flexibility index (Phi) is 7.25. The Morgan fingerprint density at radius 3 is 2.56 bits per heavy atom. The minimum atomic E-state index is -3.72. The molecule has 1 aliphatic carbocycles. The van der Waals surface area contributed by atoms with Gasteiger partial charge in [0, 0.05) is 20.1 Å². The summed E-state index contributed by atoms with van der Waals surface area (Å²) in [6, 6.07) is 3.87. The summed E-state index contributed by atoms with van der Waals surface area (Å²) >= 11 is 6.00. The van der Waals surface area contributed by atoms with Gasteiger partial charge < -0.3 is 10.1 Å². The van der Waals surface area contributed by atoms with Crippen molar-refractivity contribution in [2.75, 3.05) is 20.7 Å². The van der Waals surface area contributed by atoms with Crippen molar-refractivity contribution in [3.05, 3.63) is 28.8 Å². The highest BCUT2D eigenvalue weighted by Crippen LogP contribution is 2.24. The third-order valence-electron chi connectivity index (χ3n) is 4.73. The van der Waals surface area contributed by atoms with E-state index >= 15 is 0 Å². The molecule has 27 heavy (non-hydrogen) atoms. The topological polar surface area (TPSA) is 92.8 Å². The number of rotatable bonds is 6. The van der Waals surface area contributed by atoms with Gasteiger partial charge in [-0.2, -0.15) is 0 Å². The van der Waals surface area contributed by atoms with E-state index in [0.29, 0.717) is 5.92 Å². The number of carbonyl (C=O) groups is 2. The van der Waals surface area contributed by atoms with Crippen LogP contribution in [-0.2, 0) is 19.6 Å². The number of sulfonamides is 1. The molecule has 0 radical (unpaired) electrons. The van der Waals surface area contributed by atoms with Gasteiger partial charge in [-0.1, -0.05) is 31.4 Å². The van der Waals surface area contributed by atoms with Crippen LogP contribution in [0.25, 0.3) is 0 Å². The number of hydrogen-bond donors (Lipinski definition) is 1. The highest BCUT2D eigenvalue weighted by molar-refractivity contribution is 7.89. The minimum Gasteiger partial charge on any atom is -0.452 e. The molecule has 0 aliphatic heterocycles. The summed E-state index contributed by atoms with van der Waals surface area (Å²) in [7, 11) is -0.944. The van der Waals surface area contributed by atoms with E-state index in [-0.39, 0.29) is 27.4 Å². The molecule has 150 valence electrons. The molecule has 0 aromatic heterocycles. The zero-order valence-corrected chi connectivity index (χ0v) is 17.3. The summed E-state index contributed by atoms with van der Waals surface area (Å²) in [6.45, 7) is 1.65. The first-order valence-electron chi connectivity index (χ1n) is 8.81. The van der Waals surface area contributed by atoms with E-state index in [1.54, 1.807) is 0 Å². The molecule has 0 spiro atoms. The van der Waals surface area contributed by atoms with E-state index in [0.717, 1.165) is 36.1 Å². The Labute approximate surface area is 165 Å². The fraction of sp³-hybridized carbons (Fsp3) is 0.556. The fourth-order valence-electron chi connectivity index (χ4n) is 3.02. The lowest BCUT2D eigenvalue weighted by Gasteiger charge is -2.29. The van der Waals surface area contributed by atoms with Crippen LogP contribution in [0.3, 0.4) is 0 Å². The van der Waals surface area contributed by atoms with Crippen molar-refractivity contribution in [2.45, 2.75) is 43.5 Å². The van der Waals surface area contributed by atoms with Gasteiger partial charge in [-0.15, -0.1) is 0 Å². The van der Waals surface area contributed by atoms with Gasteiger partial charge in [-0.3, -0.25) is 4.79 Å². The van der Waals surface area contributed by atoms with Gasteiger partial charge in [-0.05, 0) is 37.0 Å². The van der Waals surface area contributed by atoms with Crippen LogP contribution in [0.15, 0.2) is 23.1 Å². The molecule has 0 unspecified atom stereocenters. The van der Waals surface area contributed by atoms with Gasteiger partial charge >= 0.3 is 5.97 Å². The van der Waals surface area contributed by atoms with E-state index in [1.165, 1.54) is 26.2 Å². The van der Waals surface area contributed by atoms with Crippen LogP contribution in [0.2, 0.25) is 5.02 Å². The molecule has 2 atom stereocenters. The summed E-state index contributed by atoms with van der Waals surface area (Å²) in [6.07, 6.45) is 4.20. The highest BCUT2D eigenvalue weighted by atomic mass is 35.5. The summed E-state index contributed by atoms with van der Waals surface area (Å²) in [5, 5.41) is 2.94. The van der Waals surface area contributed by atoms with Gasteiger partial charge in [0.15, 0.2) is 6.61 Å². The van der Waals surface area contributed by atoms with Crippen molar-refractivity contribution < 1.29 is 22.7 Å². The second-order valence-corrected chi connectivity index (χ2v) is 9.50. The SMILES string of the molecule is C[C@H]1CCCC[C@H]1NC(=O)COC(=O)c1cc(S(=O)(=O)N(C)C)ccc1Cl. The average Bonchev–Trinajstić information content (AvgIpc) is 2.61. The van der Waals surface area contributed by atoms with E-state index in [1.807, 2.05) is 0 Å². The van der Waals surface area contributed by atoms with Gasteiger partial charge in [0.1, 0.15) is 0 Å². The maximum atomic E-state index is 12.3. The number of esters is 1. The van der Waals surface area contributed by atoms with Crippen LogP contribution in [0.5, 0.6) is 0 Å². The van der Waals surface area contributed by atoms with Crippen molar-refractivity contribution in [3.63, 3.8) is 0 Å². The lowest BCUT2D eigenvalue weighted by atomic mass is 9.86. The first kappa shape index (κ1) is 21.7. The van der Waals surface area contributed by atoms with Crippen molar-refractivity contribution in [1.82, 2.24) is 9.62 Å². The quantitative estimate of drug-likeness (QED) is 0.719. The highest BCUT2D eigenvalue weighted by Gasteiger charge is 2.24. The van der Waals surface area contributed by atoms with Crippen LogP contribution >= 0.6 is 11.6 Å². The Balaban J connectivity index is 2.02. The normalized spacial score (nSPS) is 20.3. The maximum Gasteiger partial charge on any atom is 0.340 e. The Bertz CT molecular complexity index is 810. The summed E-state index contributed by atoms with van der Waals surface area (Å²) in [5.74, 6) is -0.835. The van der Waals surface area contributed by atoms with Gasteiger partial charge in [0.25, 0.3) is 5.91 Å². The first-order valence-corrected chi connectivity index (χ1v) is 10.6. The van der Waals surface area contributed by atoms with Crippen molar-refractivity contribution >= 4 is 33.5 Å². The average molecular weight is 417 g/mol. The molecule has 1 aromatic carbocycles. The van der Waals surface area contributed by atoms with Gasteiger partial charge in [0.2, 0.25) is 10.0 Å². The Morgan fingerprint density at radius 2 is 1.93 bits per heavy atom. The summed E-state index contributed by atoms with van der Waals surface area (Å²) < 4.78 is 30.5. The number of ether oxygens (including phenoxy) is 1. The summed E-state index contributed by atoms with van der Waals surface area (Å²) in [5.41, 5.74) is -0.0987. The van der Waals surface area contributed by atoms with Gasteiger partial charge in [0.05, 0.1) is 15.5 Å². The number of hydrogen-bond acceptors (Lipinski definition) is 5. The smallest absolute Gasteiger partial charge is 0.340 e. The zero-order chi connectivity index (χ0) is 20.2. The molecule has 0 saturated heterocycles. The summed E-state index contributed by atoms with van der Waals surface area (Å²) in [4.78, 5) is 24.3. The van der Waals surface area contributed by atoms with E-state index in [2.05, 4.69) is 12.2 Å². The molecule has 2 rings (SSSR count). The number of nitrogens with zero attached hydrogens (tertiary/aromatic N) is 1. The Morgan fingerprint density at radius 1 is 1.26 bits per heavy atom. The number of nitrogens with one attached hydrogen (secondary N) is 1. The van der Waals surface area contributed by atoms with Crippen molar-refractivity contribution in [1.29, 1.82) is 0 Å². The lowest BCUT2D eigenvalue weighted by Crippen LogP contribution is -2.42. The van der Waals surface area contributed by atoms with Crippen molar-refractivity contribution in [2.24, 2.45) is 5.92 Å².